The zero-order valence-electron chi connectivity index (χ0n) is 7.72. The molecule has 0 aromatic rings. The van der Waals surface area contributed by atoms with Crippen molar-refractivity contribution in [2.45, 2.75) is 26.8 Å². The van der Waals surface area contributed by atoms with E-state index in [1.165, 1.54) is 0 Å². The van der Waals surface area contributed by atoms with Crippen LogP contribution in [0.5, 0.6) is 0 Å². The molecule has 0 spiro atoms. The van der Waals surface area contributed by atoms with E-state index in [-0.39, 0.29) is 18.1 Å². The molecule has 0 aromatic carbocycles. The van der Waals surface area contributed by atoms with E-state index >= 15 is 0 Å². The van der Waals surface area contributed by atoms with Crippen molar-refractivity contribution < 1.29 is 5.11 Å². The highest BCUT2D eigenvalue weighted by Gasteiger charge is 2.19. The summed E-state index contributed by atoms with van der Waals surface area (Å²) >= 11 is 0. The van der Waals surface area contributed by atoms with Crippen LogP contribution in [0.15, 0.2) is 0 Å². The summed E-state index contributed by atoms with van der Waals surface area (Å²) in [4.78, 5) is 0. The Morgan fingerprint density at radius 3 is 2.36 bits per heavy atom. The Labute approximate surface area is 69.0 Å². The summed E-state index contributed by atoms with van der Waals surface area (Å²) in [6, 6.07) is 0.147. The van der Waals surface area contributed by atoms with E-state index in [9.17, 15) is 0 Å². The van der Waals surface area contributed by atoms with Crippen molar-refractivity contribution in [2.24, 2.45) is 11.1 Å². The second-order valence-corrected chi connectivity index (χ2v) is 3.90. The second kappa shape index (κ2) is 4.70. The number of hydrogen-bond acceptors (Lipinski definition) is 3. The number of hydrogen-bond donors (Lipinski definition) is 3. The third-order valence-corrected chi connectivity index (χ3v) is 1.77. The first-order chi connectivity index (χ1) is 4.98. The molecule has 0 rings (SSSR count). The zero-order chi connectivity index (χ0) is 8.91. The molecule has 0 saturated carbocycles. The number of rotatable bonds is 4. The number of aliphatic hydroxyl groups is 1. The van der Waals surface area contributed by atoms with Crippen molar-refractivity contribution in [3.05, 3.63) is 0 Å². The highest BCUT2D eigenvalue weighted by Crippen LogP contribution is 2.16. The molecule has 0 radical (unpaired) electrons. The van der Waals surface area contributed by atoms with Gasteiger partial charge in [-0.15, -0.1) is 0 Å². The number of aliphatic hydroxyl groups excluding tert-OH is 1. The predicted molar refractivity (Wildman–Crippen MR) is 47.4 cm³/mol. The van der Waals surface area contributed by atoms with Gasteiger partial charge in [-0.25, -0.2) is 0 Å². The average molecular weight is 160 g/mol. The molecule has 3 heteroatoms. The molecule has 1 atom stereocenters. The molecule has 0 bridgehead atoms. The summed E-state index contributed by atoms with van der Waals surface area (Å²) in [6.07, 6.45) is 0. The Kier molecular flexibility index (Phi) is 4.65. The second-order valence-electron chi connectivity index (χ2n) is 3.90. The van der Waals surface area contributed by atoms with Gasteiger partial charge in [0, 0.05) is 19.1 Å². The van der Waals surface area contributed by atoms with Crippen LogP contribution in [0.4, 0.5) is 0 Å². The molecule has 68 valence electrons. The van der Waals surface area contributed by atoms with Gasteiger partial charge in [0.05, 0.1) is 6.61 Å². The SMILES string of the molecule is CC(C)(C)[C@H](N)CNCCO. The Balaban J connectivity index is 3.44. The lowest BCUT2D eigenvalue weighted by Crippen LogP contribution is -2.44. The van der Waals surface area contributed by atoms with Crippen molar-refractivity contribution in [1.29, 1.82) is 0 Å². The van der Waals surface area contributed by atoms with E-state index in [0.29, 0.717) is 6.54 Å². The van der Waals surface area contributed by atoms with Gasteiger partial charge < -0.3 is 16.2 Å². The van der Waals surface area contributed by atoms with Crippen LogP contribution in [0.25, 0.3) is 0 Å². The van der Waals surface area contributed by atoms with E-state index in [4.69, 9.17) is 10.8 Å². The fourth-order valence-electron chi connectivity index (χ4n) is 0.643. The summed E-state index contributed by atoms with van der Waals surface area (Å²) in [5.74, 6) is 0. The standard InChI is InChI=1S/C8H20N2O/c1-8(2,3)7(9)6-10-4-5-11/h7,10-11H,4-6,9H2,1-3H3/t7-/m1/s1. The van der Waals surface area contributed by atoms with Crippen molar-refractivity contribution >= 4 is 0 Å². The first-order valence-corrected chi connectivity index (χ1v) is 4.05. The molecule has 3 nitrogen and oxygen atoms in total. The molecule has 0 heterocycles. The van der Waals surface area contributed by atoms with Crippen molar-refractivity contribution in [2.75, 3.05) is 19.7 Å². The summed E-state index contributed by atoms with van der Waals surface area (Å²) < 4.78 is 0. The molecular weight excluding hydrogens is 140 g/mol. The van der Waals surface area contributed by atoms with E-state index in [2.05, 4.69) is 26.1 Å². The van der Waals surface area contributed by atoms with Gasteiger partial charge in [0.15, 0.2) is 0 Å². The smallest absolute Gasteiger partial charge is 0.0555 e. The first-order valence-electron chi connectivity index (χ1n) is 4.05. The van der Waals surface area contributed by atoms with E-state index < -0.39 is 0 Å². The van der Waals surface area contributed by atoms with Gasteiger partial charge in [0.2, 0.25) is 0 Å². The largest absolute Gasteiger partial charge is 0.395 e. The highest BCUT2D eigenvalue weighted by atomic mass is 16.3. The molecule has 0 aliphatic carbocycles. The van der Waals surface area contributed by atoms with E-state index in [1.807, 2.05) is 0 Å². The van der Waals surface area contributed by atoms with Gasteiger partial charge >= 0.3 is 0 Å². The lowest BCUT2D eigenvalue weighted by Gasteiger charge is -2.27. The maximum absolute atomic E-state index is 8.48. The summed E-state index contributed by atoms with van der Waals surface area (Å²) in [5.41, 5.74) is 5.99. The van der Waals surface area contributed by atoms with Crippen LogP contribution in [0, 0.1) is 5.41 Å². The Hall–Kier alpha value is -0.120. The highest BCUT2D eigenvalue weighted by molar-refractivity contribution is 4.78. The molecule has 0 saturated heterocycles. The van der Waals surface area contributed by atoms with Crippen LogP contribution < -0.4 is 11.1 Å². The maximum Gasteiger partial charge on any atom is 0.0555 e. The molecule has 0 aromatic heterocycles. The zero-order valence-corrected chi connectivity index (χ0v) is 7.72. The topological polar surface area (TPSA) is 58.3 Å². The van der Waals surface area contributed by atoms with Gasteiger partial charge in [-0.1, -0.05) is 20.8 Å². The molecule has 0 amide bonds. The van der Waals surface area contributed by atoms with Crippen LogP contribution in [0.3, 0.4) is 0 Å². The average Bonchev–Trinajstić information content (AvgIpc) is 1.86. The summed E-state index contributed by atoms with van der Waals surface area (Å²) in [7, 11) is 0. The third-order valence-electron chi connectivity index (χ3n) is 1.77. The van der Waals surface area contributed by atoms with Gasteiger partial charge in [-0.3, -0.25) is 0 Å². The van der Waals surface area contributed by atoms with Crippen LogP contribution in [-0.4, -0.2) is 30.8 Å². The fraction of sp³-hybridized carbons (Fsp3) is 1.00. The number of nitrogens with two attached hydrogens (primary N) is 1. The van der Waals surface area contributed by atoms with Crippen molar-refractivity contribution in [3.8, 4) is 0 Å². The monoisotopic (exact) mass is 160 g/mol. The molecule has 11 heavy (non-hydrogen) atoms. The Bertz CT molecular complexity index is 98.8. The maximum atomic E-state index is 8.48. The Morgan fingerprint density at radius 2 is 2.00 bits per heavy atom. The lowest BCUT2D eigenvalue weighted by atomic mass is 9.87. The van der Waals surface area contributed by atoms with E-state index in [1.54, 1.807) is 0 Å². The molecule has 0 aliphatic rings. The normalized spacial score (nSPS) is 15.0. The van der Waals surface area contributed by atoms with Crippen LogP contribution in [-0.2, 0) is 0 Å². The molecule has 0 fully saturated rings. The van der Waals surface area contributed by atoms with Crippen LogP contribution in [0.1, 0.15) is 20.8 Å². The molecule has 0 aliphatic heterocycles. The number of nitrogens with one attached hydrogen (secondary N) is 1. The minimum Gasteiger partial charge on any atom is -0.395 e. The quantitative estimate of drug-likeness (QED) is 0.505. The van der Waals surface area contributed by atoms with Crippen molar-refractivity contribution in [1.82, 2.24) is 5.32 Å². The van der Waals surface area contributed by atoms with Gasteiger partial charge in [0.25, 0.3) is 0 Å². The summed E-state index contributed by atoms with van der Waals surface area (Å²) in [6.45, 7) is 7.90. The third kappa shape index (κ3) is 5.18. The van der Waals surface area contributed by atoms with Crippen molar-refractivity contribution in [3.63, 3.8) is 0 Å². The lowest BCUT2D eigenvalue weighted by molar-refractivity contribution is 0.272. The Morgan fingerprint density at radius 1 is 1.45 bits per heavy atom. The predicted octanol–water partition coefficient (Wildman–Crippen LogP) is -0.0583. The van der Waals surface area contributed by atoms with Gasteiger partial charge in [0.1, 0.15) is 0 Å². The fourth-order valence-corrected chi connectivity index (χ4v) is 0.643. The summed E-state index contributed by atoms with van der Waals surface area (Å²) in [5, 5.41) is 11.5. The minimum atomic E-state index is 0.141. The van der Waals surface area contributed by atoms with Crippen LogP contribution in [0.2, 0.25) is 0 Å². The van der Waals surface area contributed by atoms with Gasteiger partial charge in [-0.05, 0) is 5.41 Å². The molecule has 4 N–H and O–H groups in total. The van der Waals surface area contributed by atoms with E-state index in [0.717, 1.165) is 6.54 Å². The van der Waals surface area contributed by atoms with Crippen LogP contribution >= 0.6 is 0 Å². The molecular formula is C8H20N2O. The van der Waals surface area contributed by atoms with Gasteiger partial charge in [-0.2, -0.15) is 0 Å². The first kappa shape index (κ1) is 10.9. The molecule has 0 unspecified atom stereocenters. The minimum absolute atomic E-state index is 0.141.